The molecule has 5 nitrogen and oxygen atoms in total. The number of para-hydroxylation sites is 1. The highest BCUT2D eigenvalue weighted by Crippen LogP contribution is 2.51. The van der Waals surface area contributed by atoms with Crippen LogP contribution in [-0.4, -0.2) is 11.0 Å². The first kappa shape index (κ1) is 17.1. The van der Waals surface area contributed by atoms with Crippen LogP contribution in [0.15, 0.2) is 97.2 Å². The number of nitrogens with one attached hydrogen (secondary N) is 1. The van der Waals surface area contributed by atoms with Gasteiger partial charge in [0.15, 0.2) is 11.5 Å². The van der Waals surface area contributed by atoms with Crippen molar-refractivity contribution in [1.82, 2.24) is 4.98 Å². The molecule has 0 spiro atoms. The molecule has 0 saturated carbocycles. The highest BCUT2D eigenvalue weighted by atomic mass is 16.7. The predicted octanol–water partition coefficient (Wildman–Crippen LogP) is 4.91. The summed E-state index contributed by atoms with van der Waals surface area (Å²) in [5.41, 5.74) is 2.03. The Labute approximate surface area is 167 Å². The lowest BCUT2D eigenvalue weighted by Gasteiger charge is -2.28. The SMILES string of the molecule is O=C(Oc1cccc2c1OC(c1ccccc1)(c1ccccc1)O2)c1ccc[nH]1. The summed E-state index contributed by atoms with van der Waals surface area (Å²) in [7, 11) is 0. The standard InChI is InChI=1S/C24H17NO4/c26-23(19-13-8-16-25-19)27-20-14-7-15-21-22(20)29-24(28-21,17-9-3-1-4-10-17)18-11-5-2-6-12-18/h1-16,25H. The number of aromatic nitrogens is 1. The molecule has 29 heavy (non-hydrogen) atoms. The molecule has 0 aliphatic carbocycles. The first-order chi connectivity index (χ1) is 14.3. The van der Waals surface area contributed by atoms with Gasteiger partial charge >= 0.3 is 11.8 Å². The zero-order valence-electron chi connectivity index (χ0n) is 15.4. The zero-order chi connectivity index (χ0) is 19.7. The van der Waals surface area contributed by atoms with Crippen molar-refractivity contribution in [2.75, 3.05) is 0 Å². The number of carbonyl (C=O) groups is 1. The minimum atomic E-state index is -1.17. The number of aromatic amines is 1. The molecule has 0 radical (unpaired) electrons. The molecule has 0 saturated heterocycles. The number of ether oxygens (including phenoxy) is 3. The quantitative estimate of drug-likeness (QED) is 0.402. The molecule has 1 N–H and O–H groups in total. The van der Waals surface area contributed by atoms with Gasteiger partial charge in [-0.3, -0.25) is 0 Å². The van der Waals surface area contributed by atoms with E-state index in [2.05, 4.69) is 4.98 Å². The maximum absolute atomic E-state index is 12.4. The van der Waals surface area contributed by atoms with Gasteiger partial charge in [-0.1, -0.05) is 66.7 Å². The largest absolute Gasteiger partial charge is 0.440 e. The summed E-state index contributed by atoms with van der Waals surface area (Å²) < 4.78 is 18.4. The minimum absolute atomic E-state index is 0.302. The first-order valence-electron chi connectivity index (χ1n) is 9.24. The van der Waals surface area contributed by atoms with E-state index in [-0.39, 0.29) is 0 Å². The Morgan fingerprint density at radius 2 is 1.45 bits per heavy atom. The number of esters is 1. The van der Waals surface area contributed by atoms with Crippen LogP contribution in [0.1, 0.15) is 21.6 Å². The summed E-state index contributed by atoms with van der Waals surface area (Å²) in [6, 6.07) is 28.0. The van der Waals surface area contributed by atoms with E-state index in [1.165, 1.54) is 0 Å². The van der Waals surface area contributed by atoms with Gasteiger partial charge in [0.2, 0.25) is 5.75 Å². The summed E-state index contributed by atoms with van der Waals surface area (Å²) in [5, 5.41) is 0. The summed E-state index contributed by atoms with van der Waals surface area (Å²) in [5.74, 6) is -0.464. The zero-order valence-corrected chi connectivity index (χ0v) is 15.4. The summed E-state index contributed by atoms with van der Waals surface area (Å²) in [4.78, 5) is 15.3. The van der Waals surface area contributed by atoms with E-state index in [1.807, 2.05) is 60.7 Å². The number of carbonyl (C=O) groups excluding carboxylic acids is 1. The second-order valence-corrected chi connectivity index (χ2v) is 6.61. The van der Waals surface area contributed by atoms with Crippen LogP contribution in [-0.2, 0) is 5.79 Å². The van der Waals surface area contributed by atoms with Crippen LogP contribution in [0, 0.1) is 0 Å². The van der Waals surface area contributed by atoms with Crippen molar-refractivity contribution in [3.05, 3.63) is 114 Å². The van der Waals surface area contributed by atoms with Crippen molar-refractivity contribution in [1.29, 1.82) is 0 Å². The topological polar surface area (TPSA) is 60.6 Å². The van der Waals surface area contributed by atoms with E-state index in [1.54, 1.807) is 36.5 Å². The number of benzene rings is 3. The van der Waals surface area contributed by atoms with E-state index >= 15 is 0 Å². The highest BCUT2D eigenvalue weighted by Gasteiger charge is 2.46. The molecule has 0 atom stereocenters. The Morgan fingerprint density at radius 1 is 0.759 bits per heavy atom. The molecular weight excluding hydrogens is 366 g/mol. The first-order valence-corrected chi connectivity index (χ1v) is 9.24. The van der Waals surface area contributed by atoms with Gasteiger partial charge in [0, 0.05) is 17.3 Å². The average Bonchev–Trinajstić information content (AvgIpc) is 3.44. The van der Waals surface area contributed by atoms with Crippen molar-refractivity contribution in [3.63, 3.8) is 0 Å². The molecule has 1 aromatic heterocycles. The number of hydrogen-bond acceptors (Lipinski definition) is 4. The molecule has 1 aliphatic rings. The van der Waals surface area contributed by atoms with Crippen LogP contribution in [0.5, 0.6) is 17.2 Å². The van der Waals surface area contributed by atoms with Gasteiger partial charge in [0.25, 0.3) is 0 Å². The lowest BCUT2D eigenvalue weighted by atomic mass is 9.97. The van der Waals surface area contributed by atoms with Crippen LogP contribution in [0.25, 0.3) is 0 Å². The van der Waals surface area contributed by atoms with Gasteiger partial charge in [0.05, 0.1) is 0 Å². The molecule has 5 heteroatoms. The number of H-pyrrole nitrogens is 1. The Bertz CT molecular complexity index is 1100. The molecule has 0 fully saturated rings. The lowest BCUT2D eigenvalue weighted by Crippen LogP contribution is -2.36. The third kappa shape index (κ3) is 2.93. The van der Waals surface area contributed by atoms with Crippen LogP contribution < -0.4 is 14.2 Å². The number of hydrogen-bond donors (Lipinski definition) is 1. The monoisotopic (exact) mass is 383 g/mol. The van der Waals surface area contributed by atoms with Gasteiger partial charge in [-0.25, -0.2) is 4.79 Å². The maximum atomic E-state index is 12.4. The van der Waals surface area contributed by atoms with Crippen LogP contribution in [0.3, 0.4) is 0 Å². The average molecular weight is 383 g/mol. The molecule has 0 bridgehead atoms. The Morgan fingerprint density at radius 3 is 2.07 bits per heavy atom. The third-order valence-corrected chi connectivity index (χ3v) is 4.77. The molecule has 0 amide bonds. The van der Waals surface area contributed by atoms with Gasteiger partial charge in [-0.2, -0.15) is 0 Å². The summed E-state index contributed by atoms with van der Waals surface area (Å²) >= 11 is 0. The Balaban J connectivity index is 1.57. The molecule has 2 heterocycles. The van der Waals surface area contributed by atoms with E-state index in [0.717, 1.165) is 11.1 Å². The lowest BCUT2D eigenvalue weighted by molar-refractivity contribution is -0.0467. The maximum Gasteiger partial charge on any atom is 0.360 e. The van der Waals surface area contributed by atoms with Crippen LogP contribution in [0.2, 0.25) is 0 Å². The molecular formula is C24H17NO4. The number of rotatable bonds is 4. The molecule has 4 aromatic rings. The van der Waals surface area contributed by atoms with Crippen LogP contribution in [0.4, 0.5) is 0 Å². The van der Waals surface area contributed by atoms with Gasteiger partial charge in [-0.15, -0.1) is 0 Å². The Hall–Kier alpha value is -3.99. The second-order valence-electron chi connectivity index (χ2n) is 6.61. The van der Waals surface area contributed by atoms with Gasteiger partial charge in [0.1, 0.15) is 5.69 Å². The molecule has 142 valence electrons. The van der Waals surface area contributed by atoms with E-state index in [0.29, 0.717) is 22.9 Å². The van der Waals surface area contributed by atoms with Gasteiger partial charge < -0.3 is 19.2 Å². The normalized spacial score (nSPS) is 13.8. The minimum Gasteiger partial charge on any atom is -0.440 e. The summed E-state index contributed by atoms with van der Waals surface area (Å²) in [6.07, 6.45) is 1.67. The van der Waals surface area contributed by atoms with Crippen molar-refractivity contribution in [2.24, 2.45) is 0 Å². The fourth-order valence-electron chi connectivity index (χ4n) is 3.41. The molecule has 3 aromatic carbocycles. The van der Waals surface area contributed by atoms with Crippen molar-refractivity contribution in [2.45, 2.75) is 5.79 Å². The Kier molecular flexibility index (Phi) is 4.06. The van der Waals surface area contributed by atoms with Crippen molar-refractivity contribution >= 4 is 5.97 Å². The number of fused-ring (bicyclic) bond motifs is 1. The fraction of sp³-hybridized carbons (Fsp3) is 0.0417. The molecule has 5 rings (SSSR count). The molecule has 1 aliphatic heterocycles. The van der Waals surface area contributed by atoms with E-state index < -0.39 is 11.8 Å². The third-order valence-electron chi connectivity index (χ3n) is 4.77. The van der Waals surface area contributed by atoms with Gasteiger partial charge in [-0.05, 0) is 24.3 Å². The predicted molar refractivity (Wildman–Crippen MR) is 107 cm³/mol. The second kappa shape index (κ2) is 6.87. The van der Waals surface area contributed by atoms with Crippen LogP contribution >= 0.6 is 0 Å². The fourth-order valence-corrected chi connectivity index (χ4v) is 3.41. The van der Waals surface area contributed by atoms with E-state index in [9.17, 15) is 4.79 Å². The highest BCUT2D eigenvalue weighted by molar-refractivity contribution is 5.89. The smallest absolute Gasteiger partial charge is 0.360 e. The van der Waals surface area contributed by atoms with E-state index in [4.69, 9.17) is 14.2 Å². The summed E-state index contributed by atoms with van der Waals surface area (Å²) in [6.45, 7) is 0. The van der Waals surface area contributed by atoms with Crippen molar-refractivity contribution < 1.29 is 19.0 Å². The van der Waals surface area contributed by atoms with Crippen molar-refractivity contribution in [3.8, 4) is 17.2 Å². The molecule has 0 unspecified atom stereocenters.